The second-order valence-corrected chi connectivity index (χ2v) is 11.6. The summed E-state index contributed by atoms with van der Waals surface area (Å²) in [7, 11) is 0. The molecule has 3 N–H and O–H groups in total. The number of carbonyl (C=O) groups is 3. The van der Waals surface area contributed by atoms with E-state index in [4.69, 9.17) is 4.74 Å². The third-order valence-corrected chi connectivity index (χ3v) is 8.34. The molecular weight excluding hydrogens is 516 g/mol. The van der Waals surface area contributed by atoms with E-state index in [-0.39, 0.29) is 43.3 Å². The van der Waals surface area contributed by atoms with Crippen LogP contribution < -0.4 is 10.6 Å². The van der Waals surface area contributed by atoms with Gasteiger partial charge in [0.25, 0.3) is 0 Å². The molecule has 41 heavy (non-hydrogen) atoms. The first-order chi connectivity index (χ1) is 20.0. The van der Waals surface area contributed by atoms with Gasteiger partial charge < -0.3 is 20.5 Å². The van der Waals surface area contributed by atoms with Crippen LogP contribution in [0.3, 0.4) is 0 Å². The fourth-order valence-electron chi connectivity index (χ4n) is 5.96. The number of hydrogen-bond acceptors (Lipinski definition) is 5. The summed E-state index contributed by atoms with van der Waals surface area (Å²) >= 11 is 0. The van der Waals surface area contributed by atoms with Crippen LogP contribution in [-0.4, -0.2) is 47.7 Å². The van der Waals surface area contributed by atoms with Gasteiger partial charge in [-0.3, -0.25) is 14.4 Å². The van der Waals surface area contributed by atoms with Crippen LogP contribution in [0.5, 0.6) is 0 Å². The second-order valence-electron chi connectivity index (χ2n) is 11.6. The van der Waals surface area contributed by atoms with Gasteiger partial charge in [0, 0.05) is 6.42 Å². The van der Waals surface area contributed by atoms with E-state index in [1.165, 1.54) is 0 Å². The van der Waals surface area contributed by atoms with E-state index >= 15 is 0 Å². The predicted octanol–water partition coefficient (Wildman–Crippen LogP) is 4.67. The molecule has 2 aromatic carbocycles. The molecule has 2 amide bonds. The molecule has 1 fully saturated rings. The molecule has 220 valence electrons. The maximum absolute atomic E-state index is 13.6. The molecule has 0 spiro atoms. The van der Waals surface area contributed by atoms with Crippen molar-refractivity contribution in [2.75, 3.05) is 13.2 Å². The van der Waals surface area contributed by atoms with Crippen molar-refractivity contribution in [2.24, 2.45) is 11.8 Å². The highest BCUT2D eigenvalue weighted by Crippen LogP contribution is 2.29. The van der Waals surface area contributed by atoms with Gasteiger partial charge >= 0.3 is 5.97 Å². The quantitative estimate of drug-likeness (QED) is 0.321. The van der Waals surface area contributed by atoms with Gasteiger partial charge in [0.05, 0.1) is 30.0 Å². The van der Waals surface area contributed by atoms with E-state index in [2.05, 4.69) is 10.6 Å². The summed E-state index contributed by atoms with van der Waals surface area (Å²) in [6, 6.07) is 19.4. The second kappa shape index (κ2) is 15.5. The first-order valence-electron chi connectivity index (χ1n) is 15.1. The summed E-state index contributed by atoms with van der Waals surface area (Å²) in [5.74, 6) is -1.52. The van der Waals surface area contributed by atoms with Crippen molar-refractivity contribution in [3.63, 3.8) is 0 Å². The molecule has 2 aliphatic rings. The van der Waals surface area contributed by atoms with Gasteiger partial charge in [-0.2, -0.15) is 0 Å². The number of rotatable bonds is 8. The van der Waals surface area contributed by atoms with Crippen molar-refractivity contribution in [2.45, 2.75) is 82.2 Å². The fraction of sp³-hybridized carbons (Fsp3) is 0.500. The minimum absolute atomic E-state index is 0.0366. The molecule has 1 heterocycles. The Hall–Kier alpha value is -3.45. The third-order valence-electron chi connectivity index (χ3n) is 8.34. The molecule has 1 aliphatic carbocycles. The number of ether oxygens (including phenoxy) is 1. The zero-order chi connectivity index (χ0) is 28.9. The van der Waals surface area contributed by atoms with Crippen LogP contribution in [0, 0.1) is 11.8 Å². The lowest BCUT2D eigenvalue weighted by Crippen LogP contribution is -2.50. The Morgan fingerprint density at radius 2 is 1.56 bits per heavy atom. The van der Waals surface area contributed by atoms with Crippen molar-refractivity contribution in [3.8, 4) is 0 Å². The first kappa shape index (κ1) is 30.5. The number of hydrogen-bond donors (Lipinski definition) is 3. The van der Waals surface area contributed by atoms with E-state index in [9.17, 15) is 19.5 Å². The van der Waals surface area contributed by atoms with Crippen molar-refractivity contribution < 1.29 is 24.2 Å². The molecule has 3 atom stereocenters. The number of esters is 1. The molecular formula is C34H44N2O5. The Labute approximate surface area is 243 Å². The smallest absolute Gasteiger partial charge is 0.309 e. The van der Waals surface area contributed by atoms with E-state index < -0.39 is 17.5 Å². The molecule has 2 aromatic rings. The maximum atomic E-state index is 13.6. The number of aliphatic hydroxyl groups excluding tert-OH is 1. The van der Waals surface area contributed by atoms with Crippen LogP contribution in [0.4, 0.5) is 0 Å². The number of aliphatic hydroxyl groups is 1. The Kier molecular flexibility index (Phi) is 11.6. The summed E-state index contributed by atoms with van der Waals surface area (Å²) in [4.78, 5) is 39.9. The highest BCUT2D eigenvalue weighted by atomic mass is 16.5. The lowest BCUT2D eigenvalue weighted by Gasteiger charge is -2.29. The van der Waals surface area contributed by atoms with Gasteiger partial charge in [0.1, 0.15) is 6.61 Å². The molecule has 1 saturated carbocycles. The molecule has 4 rings (SSSR count). The normalized spacial score (nSPS) is 23.7. The lowest BCUT2D eigenvalue weighted by atomic mass is 9.93. The predicted molar refractivity (Wildman–Crippen MR) is 159 cm³/mol. The number of amides is 2. The summed E-state index contributed by atoms with van der Waals surface area (Å²) in [6.07, 6.45) is 11.4. The Bertz CT molecular complexity index is 1140. The van der Waals surface area contributed by atoms with E-state index in [1.54, 1.807) is 0 Å². The number of allylic oxidation sites excluding steroid dienone is 2. The van der Waals surface area contributed by atoms with Gasteiger partial charge in [-0.25, -0.2) is 0 Å². The number of carbonyl (C=O) groups excluding carboxylic acids is 3. The van der Waals surface area contributed by atoms with Crippen LogP contribution in [0.25, 0.3) is 0 Å². The van der Waals surface area contributed by atoms with Crippen LogP contribution >= 0.6 is 0 Å². The largest absolute Gasteiger partial charge is 0.463 e. The van der Waals surface area contributed by atoms with Crippen LogP contribution in [0.1, 0.15) is 68.9 Å². The molecule has 0 aromatic heterocycles. The first-order valence-corrected chi connectivity index (χ1v) is 15.1. The lowest BCUT2D eigenvalue weighted by molar-refractivity contribution is -0.150. The van der Waals surface area contributed by atoms with Gasteiger partial charge in [-0.05, 0) is 62.5 Å². The maximum Gasteiger partial charge on any atom is 0.309 e. The van der Waals surface area contributed by atoms with Crippen LogP contribution in [0.15, 0.2) is 72.8 Å². The summed E-state index contributed by atoms with van der Waals surface area (Å²) < 4.78 is 5.86. The molecule has 1 aliphatic heterocycles. The minimum Gasteiger partial charge on any atom is -0.463 e. The monoisotopic (exact) mass is 560 g/mol. The van der Waals surface area contributed by atoms with Crippen molar-refractivity contribution in [1.29, 1.82) is 0 Å². The Balaban J connectivity index is 1.49. The van der Waals surface area contributed by atoms with Gasteiger partial charge in [-0.15, -0.1) is 0 Å². The minimum atomic E-state index is -0.578. The van der Waals surface area contributed by atoms with E-state index in [0.29, 0.717) is 25.7 Å². The van der Waals surface area contributed by atoms with Crippen LogP contribution in [0.2, 0.25) is 0 Å². The zero-order valence-electron chi connectivity index (χ0n) is 23.9. The average Bonchev–Trinajstić information content (AvgIpc) is 3.45. The number of nitrogens with one attached hydrogen (secondary N) is 2. The summed E-state index contributed by atoms with van der Waals surface area (Å²) in [5, 5.41) is 16.1. The highest BCUT2D eigenvalue weighted by Gasteiger charge is 2.35. The molecule has 3 unspecified atom stereocenters. The standard InChI is InChI=1S/C34H44N2O5/c37-25-34(19-11-12-20-34)36-31(38)23-28-17-9-1-2-10-18-29(21-26-13-5-3-6-14-26)33(40)41-24-30(35-32(28)39)22-27-15-7-4-8-16-27/h1,3-9,13-16,28-30,37H,2,10-12,17-25H2,(H,35,39)(H,36,38). The van der Waals surface area contributed by atoms with Gasteiger partial charge in [0.15, 0.2) is 0 Å². The van der Waals surface area contributed by atoms with Crippen molar-refractivity contribution in [1.82, 2.24) is 10.6 Å². The SMILES string of the molecule is O=C(CC1CC=CCCCC(Cc2ccccc2)C(=O)OCC(Cc2ccccc2)NC1=O)NC1(CO)CCCC1. The van der Waals surface area contributed by atoms with Crippen molar-refractivity contribution >= 4 is 17.8 Å². The summed E-state index contributed by atoms with van der Waals surface area (Å²) in [6.45, 7) is -0.0293. The topological polar surface area (TPSA) is 105 Å². The van der Waals surface area contributed by atoms with Crippen molar-refractivity contribution in [3.05, 3.63) is 83.9 Å². The van der Waals surface area contributed by atoms with E-state index in [1.807, 2.05) is 72.8 Å². The van der Waals surface area contributed by atoms with E-state index in [0.717, 1.165) is 49.7 Å². The number of cyclic esters (lactones) is 1. The summed E-state index contributed by atoms with van der Waals surface area (Å²) in [5.41, 5.74) is 1.55. The van der Waals surface area contributed by atoms with Crippen LogP contribution in [-0.2, 0) is 32.0 Å². The molecule has 0 bridgehead atoms. The third kappa shape index (κ3) is 9.56. The molecule has 7 nitrogen and oxygen atoms in total. The Morgan fingerprint density at radius 1 is 0.902 bits per heavy atom. The fourth-order valence-corrected chi connectivity index (χ4v) is 5.96. The Morgan fingerprint density at radius 3 is 2.22 bits per heavy atom. The molecule has 7 heteroatoms. The number of benzene rings is 2. The zero-order valence-corrected chi connectivity index (χ0v) is 23.9. The molecule has 0 saturated heterocycles. The molecule has 0 radical (unpaired) electrons. The van der Waals surface area contributed by atoms with Gasteiger partial charge in [0.2, 0.25) is 11.8 Å². The highest BCUT2D eigenvalue weighted by molar-refractivity contribution is 5.86. The van der Waals surface area contributed by atoms with Gasteiger partial charge in [-0.1, -0.05) is 85.7 Å². The average molecular weight is 561 g/mol.